The number of nitrogens with one attached hydrogen (secondary N) is 2. The van der Waals surface area contributed by atoms with E-state index >= 15 is 0 Å². The second-order valence-corrected chi connectivity index (χ2v) is 6.66. The molecule has 7 heteroatoms. The Morgan fingerprint density at radius 2 is 2.24 bits per heavy atom. The van der Waals surface area contributed by atoms with Gasteiger partial charge in [0.25, 0.3) is 11.5 Å². The molecule has 4 rings (SSSR count). The van der Waals surface area contributed by atoms with E-state index in [1.165, 1.54) is 4.57 Å². The third-order valence-electron chi connectivity index (χ3n) is 4.72. The van der Waals surface area contributed by atoms with Gasteiger partial charge in [-0.25, -0.2) is 0 Å². The molecule has 0 aliphatic heterocycles. The lowest BCUT2D eigenvalue weighted by Crippen LogP contribution is -2.30. The summed E-state index contributed by atoms with van der Waals surface area (Å²) in [7, 11) is 1.62. The average molecular weight is 355 g/mol. The van der Waals surface area contributed by atoms with Gasteiger partial charge in [-0.15, -0.1) is 0 Å². The normalized spacial score (nSPS) is 16.6. The van der Waals surface area contributed by atoms with E-state index in [2.05, 4.69) is 10.3 Å². The Morgan fingerprint density at radius 3 is 3.08 bits per heavy atom. The van der Waals surface area contributed by atoms with Crippen molar-refractivity contribution in [1.82, 2.24) is 14.9 Å². The molecule has 1 aliphatic carbocycles. The molecule has 1 aromatic carbocycles. The van der Waals surface area contributed by atoms with E-state index in [4.69, 9.17) is 16.6 Å². The molecule has 0 saturated carbocycles. The number of fused-ring (bicyclic) bond motifs is 2. The van der Waals surface area contributed by atoms with Crippen molar-refractivity contribution in [3.63, 3.8) is 0 Å². The van der Waals surface area contributed by atoms with Gasteiger partial charge in [-0.3, -0.25) is 14.2 Å². The molecule has 1 unspecified atom stereocenters. The lowest BCUT2D eigenvalue weighted by atomic mass is 9.93. The fourth-order valence-corrected chi connectivity index (χ4v) is 3.52. The fourth-order valence-electron chi connectivity index (χ4n) is 3.33. The van der Waals surface area contributed by atoms with Crippen molar-refractivity contribution in [1.29, 1.82) is 0 Å². The molecular formula is C18H17N3O3S. The van der Waals surface area contributed by atoms with Crippen molar-refractivity contribution < 1.29 is 9.21 Å². The van der Waals surface area contributed by atoms with Gasteiger partial charge in [-0.2, -0.15) is 0 Å². The fraction of sp³-hybridized carbons (Fsp3) is 0.278. The summed E-state index contributed by atoms with van der Waals surface area (Å²) in [6, 6.07) is 6.85. The van der Waals surface area contributed by atoms with Gasteiger partial charge in [-0.1, -0.05) is 0 Å². The van der Waals surface area contributed by atoms with Crippen LogP contribution in [0.4, 0.5) is 0 Å². The lowest BCUT2D eigenvalue weighted by Gasteiger charge is -2.22. The number of rotatable bonds is 2. The molecule has 128 valence electrons. The Morgan fingerprint density at radius 1 is 1.40 bits per heavy atom. The van der Waals surface area contributed by atoms with Crippen molar-refractivity contribution in [2.24, 2.45) is 7.05 Å². The Labute approximate surface area is 148 Å². The number of nitrogens with zero attached hydrogens (tertiary/aromatic N) is 1. The van der Waals surface area contributed by atoms with Crippen molar-refractivity contribution in [2.45, 2.75) is 25.3 Å². The second-order valence-electron chi connectivity index (χ2n) is 6.27. The van der Waals surface area contributed by atoms with E-state index in [1.54, 1.807) is 31.5 Å². The van der Waals surface area contributed by atoms with Gasteiger partial charge in [0.15, 0.2) is 4.77 Å². The first kappa shape index (κ1) is 15.8. The molecule has 1 aliphatic rings. The third kappa shape index (κ3) is 2.70. The number of carbonyl (C=O) groups excluding carboxylic acids is 1. The van der Waals surface area contributed by atoms with E-state index in [0.29, 0.717) is 21.2 Å². The van der Waals surface area contributed by atoms with Gasteiger partial charge in [0, 0.05) is 24.6 Å². The molecule has 3 aromatic rings. The van der Waals surface area contributed by atoms with Crippen LogP contribution in [0.3, 0.4) is 0 Å². The highest BCUT2D eigenvalue weighted by Crippen LogP contribution is 2.30. The largest absolute Gasteiger partial charge is 0.469 e. The first-order valence-electron chi connectivity index (χ1n) is 8.15. The minimum Gasteiger partial charge on any atom is -0.469 e. The maximum absolute atomic E-state index is 12.7. The zero-order valence-corrected chi connectivity index (χ0v) is 14.5. The van der Waals surface area contributed by atoms with Crippen LogP contribution < -0.4 is 10.9 Å². The minimum absolute atomic E-state index is 0.0483. The van der Waals surface area contributed by atoms with Gasteiger partial charge in [0.05, 0.1) is 23.2 Å². The zero-order chi connectivity index (χ0) is 17.6. The molecule has 0 spiro atoms. The first-order chi connectivity index (χ1) is 12.0. The molecule has 0 fully saturated rings. The number of furan rings is 1. The highest BCUT2D eigenvalue weighted by Gasteiger charge is 2.24. The van der Waals surface area contributed by atoms with Gasteiger partial charge in [0.2, 0.25) is 0 Å². The summed E-state index contributed by atoms with van der Waals surface area (Å²) in [4.78, 5) is 27.9. The Hall–Kier alpha value is -2.67. The van der Waals surface area contributed by atoms with Crippen LogP contribution in [0.2, 0.25) is 0 Å². The summed E-state index contributed by atoms with van der Waals surface area (Å²) < 4.78 is 7.16. The summed E-state index contributed by atoms with van der Waals surface area (Å²) in [6.07, 6.45) is 4.44. The number of aromatic amines is 1. The first-order valence-corrected chi connectivity index (χ1v) is 8.55. The van der Waals surface area contributed by atoms with Crippen LogP contribution in [0.5, 0.6) is 0 Å². The van der Waals surface area contributed by atoms with E-state index < -0.39 is 0 Å². The number of hydrogen-bond acceptors (Lipinski definition) is 4. The summed E-state index contributed by atoms with van der Waals surface area (Å²) >= 11 is 5.14. The van der Waals surface area contributed by atoms with Crippen molar-refractivity contribution in [2.75, 3.05) is 0 Å². The van der Waals surface area contributed by atoms with E-state index in [-0.39, 0.29) is 17.5 Å². The maximum atomic E-state index is 12.7. The third-order valence-corrected chi connectivity index (χ3v) is 5.10. The SMILES string of the molecule is Cn1c(=S)[nH]c2cc(C(=O)NC3CCCc4occc43)ccc2c1=O. The molecule has 0 bridgehead atoms. The molecule has 1 atom stereocenters. The number of hydrogen-bond donors (Lipinski definition) is 2. The number of benzene rings is 1. The molecule has 1 amide bonds. The van der Waals surface area contributed by atoms with Crippen LogP contribution >= 0.6 is 12.2 Å². The zero-order valence-electron chi connectivity index (χ0n) is 13.7. The van der Waals surface area contributed by atoms with Crippen LogP contribution in [0.25, 0.3) is 10.9 Å². The molecular weight excluding hydrogens is 338 g/mol. The van der Waals surface area contributed by atoms with Crippen LogP contribution in [-0.4, -0.2) is 15.5 Å². The Kier molecular flexibility index (Phi) is 3.80. The van der Waals surface area contributed by atoms with E-state index in [9.17, 15) is 9.59 Å². The second kappa shape index (κ2) is 6.00. The topological polar surface area (TPSA) is 80.0 Å². The molecule has 2 N–H and O–H groups in total. The lowest BCUT2D eigenvalue weighted by molar-refractivity contribution is 0.0932. The molecule has 0 radical (unpaired) electrons. The van der Waals surface area contributed by atoms with Gasteiger partial charge >= 0.3 is 0 Å². The molecule has 6 nitrogen and oxygen atoms in total. The average Bonchev–Trinajstić information content (AvgIpc) is 3.09. The van der Waals surface area contributed by atoms with Crippen LogP contribution in [0, 0.1) is 4.77 Å². The molecule has 25 heavy (non-hydrogen) atoms. The molecule has 2 aromatic heterocycles. The summed E-state index contributed by atoms with van der Waals surface area (Å²) in [5, 5.41) is 3.56. The Bertz CT molecular complexity index is 1090. The number of carbonyl (C=O) groups is 1. The predicted molar refractivity (Wildman–Crippen MR) is 96.2 cm³/mol. The van der Waals surface area contributed by atoms with Crippen molar-refractivity contribution >= 4 is 29.0 Å². The van der Waals surface area contributed by atoms with Gasteiger partial charge < -0.3 is 14.7 Å². The van der Waals surface area contributed by atoms with E-state index in [0.717, 1.165) is 30.6 Å². The molecule has 0 saturated heterocycles. The summed E-state index contributed by atoms with van der Waals surface area (Å²) in [6.45, 7) is 0. The number of aryl methyl sites for hydroxylation is 1. The van der Waals surface area contributed by atoms with Crippen LogP contribution in [0.15, 0.2) is 39.7 Å². The van der Waals surface area contributed by atoms with Crippen LogP contribution in [0.1, 0.15) is 40.6 Å². The smallest absolute Gasteiger partial charge is 0.261 e. The summed E-state index contributed by atoms with van der Waals surface area (Å²) in [5.41, 5.74) is 1.92. The maximum Gasteiger partial charge on any atom is 0.261 e. The van der Waals surface area contributed by atoms with Gasteiger partial charge in [0.1, 0.15) is 5.76 Å². The van der Waals surface area contributed by atoms with E-state index in [1.807, 2.05) is 6.07 Å². The molecule has 2 heterocycles. The number of H-pyrrole nitrogens is 1. The van der Waals surface area contributed by atoms with Gasteiger partial charge in [-0.05, 0) is 49.3 Å². The monoisotopic (exact) mass is 355 g/mol. The highest BCUT2D eigenvalue weighted by molar-refractivity contribution is 7.71. The standard InChI is InChI=1S/C18H17N3O3S/c1-21-17(23)12-6-5-10(9-14(12)20-18(21)25)16(22)19-13-3-2-4-15-11(13)7-8-24-15/h5-9,13H,2-4H2,1H3,(H,19,22)(H,20,25). The minimum atomic E-state index is -0.180. The Balaban J connectivity index is 1.66. The predicted octanol–water partition coefficient (Wildman–Crippen LogP) is 3.00. The quantitative estimate of drug-likeness (QED) is 0.693. The number of amides is 1. The van der Waals surface area contributed by atoms with Crippen molar-refractivity contribution in [3.8, 4) is 0 Å². The summed E-state index contributed by atoms with van der Waals surface area (Å²) in [5.74, 6) is 0.767. The highest BCUT2D eigenvalue weighted by atomic mass is 32.1. The number of aromatic nitrogens is 2. The van der Waals surface area contributed by atoms with Crippen LogP contribution in [-0.2, 0) is 13.5 Å². The van der Waals surface area contributed by atoms with Crippen molar-refractivity contribution in [3.05, 3.63) is 62.5 Å².